The topological polar surface area (TPSA) is 25.4 Å². The fourth-order valence-electron chi connectivity index (χ4n) is 1.52. The standard InChI is InChI=1S/C11H20N2OS2/c1-4-13(5-2)6-11-12-9(7-14-3)10(8-15)16-11/h15H,4-8H2,1-3H3. The number of rotatable bonds is 7. The van der Waals surface area contributed by atoms with Gasteiger partial charge in [-0.05, 0) is 13.1 Å². The number of ether oxygens (including phenoxy) is 1. The maximum atomic E-state index is 5.14. The van der Waals surface area contributed by atoms with Crippen molar-refractivity contribution in [1.29, 1.82) is 0 Å². The van der Waals surface area contributed by atoms with Gasteiger partial charge in [0.25, 0.3) is 0 Å². The summed E-state index contributed by atoms with van der Waals surface area (Å²) in [6.45, 7) is 7.99. The van der Waals surface area contributed by atoms with E-state index >= 15 is 0 Å². The molecule has 5 heteroatoms. The van der Waals surface area contributed by atoms with E-state index in [1.165, 1.54) is 9.88 Å². The first kappa shape index (κ1) is 14.0. The van der Waals surface area contributed by atoms with Crippen LogP contribution in [0.2, 0.25) is 0 Å². The van der Waals surface area contributed by atoms with E-state index in [4.69, 9.17) is 4.74 Å². The molecule has 0 saturated heterocycles. The maximum absolute atomic E-state index is 5.14. The van der Waals surface area contributed by atoms with Gasteiger partial charge in [0.05, 0.1) is 18.8 Å². The molecule has 1 rings (SSSR count). The second-order valence-electron chi connectivity index (χ2n) is 3.53. The monoisotopic (exact) mass is 260 g/mol. The Balaban J connectivity index is 2.73. The van der Waals surface area contributed by atoms with Gasteiger partial charge < -0.3 is 4.74 Å². The Morgan fingerprint density at radius 2 is 2.06 bits per heavy atom. The van der Waals surface area contributed by atoms with Crippen LogP contribution in [0.25, 0.3) is 0 Å². The third kappa shape index (κ3) is 3.73. The molecule has 0 aliphatic carbocycles. The number of nitrogens with zero attached hydrogens (tertiary/aromatic N) is 2. The van der Waals surface area contributed by atoms with Crippen LogP contribution in [0.4, 0.5) is 0 Å². The summed E-state index contributed by atoms with van der Waals surface area (Å²) in [6, 6.07) is 0. The number of thiol groups is 1. The van der Waals surface area contributed by atoms with E-state index < -0.39 is 0 Å². The van der Waals surface area contributed by atoms with Crippen LogP contribution in [-0.2, 0) is 23.6 Å². The van der Waals surface area contributed by atoms with Gasteiger partial charge in [0.1, 0.15) is 5.01 Å². The van der Waals surface area contributed by atoms with Crippen molar-refractivity contribution in [1.82, 2.24) is 9.88 Å². The van der Waals surface area contributed by atoms with Crippen molar-refractivity contribution >= 4 is 24.0 Å². The summed E-state index contributed by atoms with van der Waals surface area (Å²) >= 11 is 6.07. The van der Waals surface area contributed by atoms with E-state index in [9.17, 15) is 0 Å². The summed E-state index contributed by atoms with van der Waals surface area (Å²) in [5, 5.41) is 1.17. The Bertz CT molecular complexity index is 311. The molecule has 0 unspecified atom stereocenters. The van der Waals surface area contributed by atoms with Crippen LogP contribution in [0.15, 0.2) is 0 Å². The maximum Gasteiger partial charge on any atom is 0.107 e. The molecule has 0 fully saturated rings. The summed E-state index contributed by atoms with van der Waals surface area (Å²) in [7, 11) is 1.70. The highest BCUT2D eigenvalue weighted by molar-refractivity contribution is 7.79. The van der Waals surface area contributed by atoms with E-state index in [0.717, 1.165) is 31.1 Å². The molecular formula is C11H20N2OS2. The predicted octanol–water partition coefficient (Wildman–Crippen LogP) is 2.56. The van der Waals surface area contributed by atoms with Gasteiger partial charge >= 0.3 is 0 Å². The van der Waals surface area contributed by atoms with Crippen molar-refractivity contribution in [2.24, 2.45) is 0 Å². The lowest BCUT2D eigenvalue weighted by atomic mass is 10.4. The molecule has 16 heavy (non-hydrogen) atoms. The molecule has 3 nitrogen and oxygen atoms in total. The summed E-state index contributed by atoms with van der Waals surface area (Å²) in [5.41, 5.74) is 1.05. The second-order valence-corrected chi connectivity index (χ2v) is 5.01. The highest BCUT2D eigenvalue weighted by atomic mass is 32.1. The van der Waals surface area contributed by atoms with Gasteiger partial charge in [-0.3, -0.25) is 4.90 Å². The Labute approximate surface area is 107 Å². The molecule has 92 valence electrons. The first-order valence-corrected chi connectivity index (χ1v) is 6.99. The van der Waals surface area contributed by atoms with Gasteiger partial charge in [0.2, 0.25) is 0 Å². The van der Waals surface area contributed by atoms with Crippen molar-refractivity contribution in [3.05, 3.63) is 15.6 Å². The van der Waals surface area contributed by atoms with Crippen LogP contribution < -0.4 is 0 Å². The smallest absolute Gasteiger partial charge is 0.107 e. The fraction of sp³-hybridized carbons (Fsp3) is 0.727. The SMILES string of the molecule is CCN(CC)Cc1nc(COC)c(CS)s1. The van der Waals surface area contributed by atoms with E-state index in [1.807, 2.05) is 0 Å². The first-order valence-electron chi connectivity index (χ1n) is 5.54. The summed E-state index contributed by atoms with van der Waals surface area (Å²) in [5.74, 6) is 0.745. The zero-order valence-electron chi connectivity index (χ0n) is 10.2. The number of hydrogen-bond acceptors (Lipinski definition) is 5. The van der Waals surface area contributed by atoms with E-state index in [1.54, 1.807) is 18.4 Å². The van der Waals surface area contributed by atoms with Gasteiger partial charge in [0, 0.05) is 17.7 Å². The molecule has 0 spiro atoms. The Morgan fingerprint density at radius 3 is 2.56 bits per heavy atom. The number of methoxy groups -OCH3 is 1. The van der Waals surface area contributed by atoms with Gasteiger partial charge in [-0.25, -0.2) is 4.98 Å². The molecule has 0 aliphatic heterocycles. The minimum absolute atomic E-state index is 0.588. The van der Waals surface area contributed by atoms with Gasteiger partial charge in [-0.15, -0.1) is 11.3 Å². The molecule has 0 saturated carbocycles. The fourth-order valence-corrected chi connectivity index (χ4v) is 2.87. The summed E-state index contributed by atoms with van der Waals surface area (Å²) in [6.07, 6.45) is 0. The van der Waals surface area contributed by atoms with Crippen LogP contribution in [0.3, 0.4) is 0 Å². The molecule has 1 aromatic rings. The molecule has 1 heterocycles. The van der Waals surface area contributed by atoms with Crippen molar-refractivity contribution in [2.45, 2.75) is 32.8 Å². The summed E-state index contributed by atoms with van der Waals surface area (Å²) < 4.78 is 5.14. The predicted molar refractivity (Wildman–Crippen MR) is 72.1 cm³/mol. The minimum Gasteiger partial charge on any atom is -0.378 e. The lowest BCUT2D eigenvalue weighted by Gasteiger charge is -2.15. The number of thiazole rings is 1. The number of hydrogen-bond donors (Lipinski definition) is 1. The van der Waals surface area contributed by atoms with Crippen LogP contribution in [0, 0.1) is 0 Å². The van der Waals surface area contributed by atoms with Crippen molar-refractivity contribution in [3.63, 3.8) is 0 Å². The summed E-state index contributed by atoms with van der Waals surface area (Å²) in [4.78, 5) is 8.20. The van der Waals surface area contributed by atoms with Gasteiger partial charge in [-0.2, -0.15) is 12.6 Å². The zero-order valence-corrected chi connectivity index (χ0v) is 11.9. The third-order valence-electron chi connectivity index (χ3n) is 2.50. The largest absolute Gasteiger partial charge is 0.378 e. The molecule has 0 N–H and O–H groups in total. The van der Waals surface area contributed by atoms with Crippen molar-refractivity contribution < 1.29 is 4.74 Å². The zero-order chi connectivity index (χ0) is 12.0. The van der Waals surface area contributed by atoms with Gasteiger partial charge in [-0.1, -0.05) is 13.8 Å². The van der Waals surface area contributed by atoms with Crippen LogP contribution in [-0.4, -0.2) is 30.1 Å². The van der Waals surface area contributed by atoms with Crippen LogP contribution >= 0.6 is 24.0 Å². The Kier molecular flexibility index (Phi) is 6.34. The molecular weight excluding hydrogens is 240 g/mol. The lowest BCUT2D eigenvalue weighted by molar-refractivity contribution is 0.181. The average molecular weight is 260 g/mol. The van der Waals surface area contributed by atoms with Gasteiger partial charge in [0.15, 0.2) is 0 Å². The Morgan fingerprint density at radius 1 is 1.38 bits per heavy atom. The van der Waals surface area contributed by atoms with Crippen LogP contribution in [0.5, 0.6) is 0 Å². The molecule has 0 aliphatic rings. The molecule has 0 bridgehead atoms. The number of aromatic nitrogens is 1. The van der Waals surface area contributed by atoms with E-state index in [-0.39, 0.29) is 0 Å². The molecule has 0 atom stereocenters. The Hall–Kier alpha value is -0.100. The van der Waals surface area contributed by atoms with E-state index in [2.05, 4.69) is 36.4 Å². The highest BCUT2D eigenvalue weighted by Gasteiger charge is 2.11. The van der Waals surface area contributed by atoms with Crippen molar-refractivity contribution in [3.8, 4) is 0 Å². The highest BCUT2D eigenvalue weighted by Crippen LogP contribution is 2.22. The molecule has 1 aromatic heterocycles. The quantitative estimate of drug-likeness (QED) is 0.763. The average Bonchev–Trinajstić information content (AvgIpc) is 2.68. The third-order valence-corrected chi connectivity index (χ3v) is 4.11. The van der Waals surface area contributed by atoms with Crippen molar-refractivity contribution in [2.75, 3.05) is 20.2 Å². The molecule has 0 aromatic carbocycles. The second kappa shape index (κ2) is 7.27. The molecule has 0 radical (unpaired) electrons. The molecule has 0 amide bonds. The first-order chi connectivity index (χ1) is 7.74. The van der Waals surface area contributed by atoms with Crippen LogP contribution in [0.1, 0.15) is 29.4 Å². The lowest BCUT2D eigenvalue weighted by Crippen LogP contribution is -2.21. The normalized spacial score (nSPS) is 11.3. The van der Waals surface area contributed by atoms with E-state index in [0.29, 0.717) is 6.61 Å². The minimum atomic E-state index is 0.588.